The molecule has 0 radical (unpaired) electrons. The molecule has 3 nitrogen and oxygen atoms in total. The Morgan fingerprint density at radius 2 is 1.55 bits per heavy atom. The summed E-state index contributed by atoms with van der Waals surface area (Å²) in [7, 11) is 0. The summed E-state index contributed by atoms with van der Waals surface area (Å²) in [5.41, 5.74) is 8.24. The van der Waals surface area contributed by atoms with Crippen LogP contribution in [-0.2, 0) is 12.8 Å². The normalized spacial score (nSPS) is 11.8. The molecule has 0 fully saturated rings. The van der Waals surface area contributed by atoms with E-state index in [0.29, 0.717) is 0 Å². The Labute approximate surface area is 181 Å². The molecule has 150 valence electrons. The molecule has 0 saturated carbocycles. The van der Waals surface area contributed by atoms with Gasteiger partial charge in [-0.2, -0.15) is 0 Å². The number of pyridine rings is 2. The zero-order valence-corrected chi connectivity index (χ0v) is 17.8. The molecule has 3 heterocycles. The fourth-order valence-electron chi connectivity index (χ4n) is 4.88. The fraction of sp³-hybridized carbons (Fsp3) is 0.143. The number of nitrogens with zero attached hydrogens (tertiary/aromatic N) is 3. The predicted molar refractivity (Wildman–Crippen MR) is 130 cm³/mol. The van der Waals surface area contributed by atoms with Gasteiger partial charge in [-0.3, -0.25) is 9.38 Å². The van der Waals surface area contributed by atoms with Crippen molar-refractivity contribution in [3.8, 4) is 11.3 Å². The van der Waals surface area contributed by atoms with Crippen LogP contribution in [0.1, 0.15) is 25.0 Å². The van der Waals surface area contributed by atoms with Gasteiger partial charge >= 0.3 is 0 Å². The minimum Gasteiger partial charge on any atom is -0.298 e. The van der Waals surface area contributed by atoms with Crippen molar-refractivity contribution in [2.45, 2.75) is 26.7 Å². The maximum Gasteiger partial charge on any atom is 0.145 e. The number of benzene rings is 3. The van der Waals surface area contributed by atoms with Gasteiger partial charge in [-0.25, -0.2) is 4.98 Å². The second-order valence-corrected chi connectivity index (χ2v) is 8.09. The minimum absolute atomic E-state index is 0.995. The zero-order valence-electron chi connectivity index (χ0n) is 17.8. The molecule has 0 unspecified atom stereocenters. The van der Waals surface area contributed by atoms with Crippen molar-refractivity contribution in [1.29, 1.82) is 0 Å². The molecule has 0 saturated heterocycles. The quantitative estimate of drug-likeness (QED) is 0.236. The third kappa shape index (κ3) is 2.66. The lowest BCUT2D eigenvalue weighted by Crippen LogP contribution is -1.94. The van der Waals surface area contributed by atoms with E-state index in [4.69, 9.17) is 4.98 Å². The van der Waals surface area contributed by atoms with E-state index in [2.05, 4.69) is 90.1 Å². The molecule has 31 heavy (non-hydrogen) atoms. The van der Waals surface area contributed by atoms with E-state index in [1.54, 1.807) is 0 Å². The van der Waals surface area contributed by atoms with E-state index in [1.807, 2.05) is 12.3 Å². The first-order chi connectivity index (χ1) is 15.3. The molecule has 0 aliphatic rings. The summed E-state index contributed by atoms with van der Waals surface area (Å²) in [6, 6.07) is 23.8. The molecule has 0 bridgehead atoms. The molecule has 6 rings (SSSR count). The zero-order chi connectivity index (χ0) is 20.9. The first-order valence-electron chi connectivity index (χ1n) is 11.0. The van der Waals surface area contributed by atoms with Crippen LogP contribution < -0.4 is 0 Å². The van der Waals surface area contributed by atoms with Gasteiger partial charge in [-0.05, 0) is 47.6 Å². The average molecular weight is 402 g/mol. The molecular formula is C28H23N3. The number of rotatable bonds is 3. The van der Waals surface area contributed by atoms with Gasteiger partial charge in [-0.15, -0.1) is 0 Å². The number of aromatic nitrogens is 3. The third-order valence-electron chi connectivity index (χ3n) is 6.40. The first-order valence-corrected chi connectivity index (χ1v) is 11.0. The monoisotopic (exact) mass is 401 g/mol. The van der Waals surface area contributed by atoms with Gasteiger partial charge in [0.05, 0.1) is 16.7 Å². The van der Waals surface area contributed by atoms with Crippen molar-refractivity contribution < 1.29 is 0 Å². The highest BCUT2D eigenvalue weighted by molar-refractivity contribution is 6.14. The Balaban J connectivity index is 1.79. The van der Waals surface area contributed by atoms with Crippen LogP contribution in [0.15, 0.2) is 79.1 Å². The summed E-state index contributed by atoms with van der Waals surface area (Å²) >= 11 is 0. The van der Waals surface area contributed by atoms with E-state index in [1.165, 1.54) is 38.4 Å². The van der Waals surface area contributed by atoms with E-state index in [0.717, 1.165) is 35.1 Å². The Morgan fingerprint density at radius 1 is 0.774 bits per heavy atom. The third-order valence-corrected chi connectivity index (χ3v) is 6.40. The highest BCUT2D eigenvalue weighted by Gasteiger charge is 2.16. The molecule has 3 aromatic carbocycles. The molecule has 3 heteroatoms. The van der Waals surface area contributed by atoms with Crippen LogP contribution in [0, 0.1) is 0 Å². The van der Waals surface area contributed by atoms with E-state index >= 15 is 0 Å². The molecule has 0 N–H and O–H groups in total. The second kappa shape index (κ2) is 6.92. The van der Waals surface area contributed by atoms with Gasteiger partial charge in [0.15, 0.2) is 0 Å². The lowest BCUT2D eigenvalue weighted by atomic mass is 9.95. The molecule has 0 aliphatic heterocycles. The second-order valence-electron chi connectivity index (χ2n) is 8.09. The van der Waals surface area contributed by atoms with E-state index < -0.39 is 0 Å². The summed E-state index contributed by atoms with van der Waals surface area (Å²) in [6.07, 6.45) is 6.07. The van der Waals surface area contributed by atoms with Crippen molar-refractivity contribution in [3.05, 3.63) is 90.3 Å². The Hall–Kier alpha value is -3.72. The van der Waals surface area contributed by atoms with Gasteiger partial charge in [-0.1, -0.05) is 62.4 Å². The summed E-state index contributed by atoms with van der Waals surface area (Å²) < 4.78 is 2.27. The van der Waals surface area contributed by atoms with Gasteiger partial charge in [0.1, 0.15) is 5.65 Å². The largest absolute Gasteiger partial charge is 0.298 e. The molecule has 6 aromatic rings. The van der Waals surface area contributed by atoms with Crippen LogP contribution in [0.5, 0.6) is 0 Å². The number of fused-ring (bicyclic) bond motifs is 7. The van der Waals surface area contributed by atoms with Crippen LogP contribution in [-0.4, -0.2) is 14.4 Å². The molecule has 3 aromatic heterocycles. The number of hydrogen-bond donors (Lipinski definition) is 0. The van der Waals surface area contributed by atoms with Crippen molar-refractivity contribution in [2.24, 2.45) is 0 Å². The standard InChI is InChI=1S/C28H23N3/c1-3-18-9-7-10-19(4-2)27(18)25-17-31-26-15-20-11-8-14-29-24(20)16-23(26)21-12-5-6-13-22(21)28(31)30-25/h5-17H,3-4H2,1-2H3. The molecular weight excluding hydrogens is 378 g/mol. The molecule has 0 amide bonds. The summed E-state index contributed by atoms with van der Waals surface area (Å²) in [4.78, 5) is 9.80. The summed E-state index contributed by atoms with van der Waals surface area (Å²) in [5, 5.41) is 4.74. The summed E-state index contributed by atoms with van der Waals surface area (Å²) in [5.74, 6) is 0. The molecule has 0 aliphatic carbocycles. The highest BCUT2D eigenvalue weighted by atomic mass is 15.0. The SMILES string of the molecule is CCc1cccc(CC)c1-c1cn2c3cc4cccnc4cc3c3ccccc3c2n1. The Bertz CT molecular complexity index is 1590. The van der Waals surface area contributed by atoms with Crippen molar-refractivity contribution in [2.75, 3.05) is 0 Å². The lowest BCUT2D eigenvalue weighted by molar-refractivity contribution is 1.09. The molecule has 0 atom stereocenters. The minimum atomic E-state index is 0.995. The maximum absolute atomic E-state index is 5.21. The topological polar surface area (TPSA) is 30.2 Å². The number of imidazole rings is 1. The molecule has 0 spiro atoms. The van der Waals surface area contributed by atoms with Gasteiger partial charge in [0, 0.05) is 34.1 Å². The van der Waals surface area contributed by atoms with Crippen molar-refractivity contribution >= 4 is 38.2 Å². The van der Waals surface area contributed by atoms with Crippen molar-refractivity contribution in [1.82, 2.24) is 14.4 Å². The van der Waals surface area contributed by atoms with Gasteiger partial charge < -0.3 is 0 Å². The van der Waals surface area contributed by atoms with E-state index in [-0.39, 0.29) is 0 Å². The maximum atomic E-state index is 5.21. The van der Waals surface area contributed by atoms with Gasteiger partial charge in [0.2, 0.25) is 0 Å². The number of hydrogen-bond acceptors (Lipinski definition) is 2. The van der Waals surface area contributed by atoms with Crippen LogP contribution in [0.2, 0.25) is 0 Å². The Kier molecular flexibility index (Phi) is 4.03. The van der Waals surface area contributed by atoms with Crippen LogP contribution in [0.25, 0.3) is 49.5 Å². The van der Waals surface area contributed by atoms with Crippen LogP contribution in [0.3, 0.4) is 0 Å². The van der Waals surface area contributed by atoms with Crippen LogP contribution in [0.4, 0.5) is 0 Å². The van der Waals surface area contributed by atoms with E-state index in [9.17, 15) is 0 Å². The van der Waals surface area contributed by atoms with Crippen molar-refractivity contribution in [3.63, 3.8) is 0 Å². The Morgan fingerprint density at radius 3 is 2.32 bits per heavy atom. The average Bonchev–Trinajstić information content (AvgIpc) is 3.28. The van der Waals surface area contributed by atoms with Gasteiger partial charge in [0.25, 0.3) is 0 Å². The smallest absolute Gasteiger partial charge is 0.145 e. The predicted octanol–water partition coefficient (Wildman–Crippen LogP) is 6.98. The number of aryl methyl sites for hydroxylation is 2. The van der Waals surface area contributed by atoms with Crippen LogP contribution >= 0.6 is 0 Å². The first kappa shape index (κ1) is 18.1. The lowest BCUT2D eigenvalue weighted by Gasteiger charge is -2.10. The highest BCUT2D eigenvalue weighted by Crippen LogP contribution is 2.35. The summed E-state index contributed by atoms with van der Waals surface area (Å²) in [6.45, 7) is 4.44. The fourth-order valence-corrected chi connectivity index (χ4v) is 4.88.